The van der Waals surface area contributed by atoms with E-state index in [9.17, 15) is 8.42 Å². The minimum Gasteiger partial charge on any atom is -0.496 e. The summed E-state index contributed by atoms with van der Waals surface area (Å²) >= 11 is 2.05. The van der Waals surface area contributed by atoms with Crippen LogP contribution in [0.5, 0.6) is 5.75 Å². The first-order chi connectivity index (χ1) is 14.2. The summed E-state index contributed by atoms with van der Waals surface area (Å²) in [6.45, 7) is 5.99. The first kappa shape index (κ1) is 20.9. The first-order valence-electron chi connectivity index (χ1n) is 9.38. The van der Waals surface area contributed by atoms with Crippen LogP contribution in [0, 0.1) is 24.5 Å². The van der Waals surface area contributed by atoms with Crippen molar-refractivity contribution in [3.05, 3.63) is 75.1 Å². The van der Waals surface area contributed by atoms with Crippen LogP contribution in [-0.2, 0) is 10.0 Å². The molecule has 0 aliphatic rings. The Morgan fingerprint density at radius 1 is 1.00 bits per heavy atom. The van der Waals surface area contributed by atoms with Gasteiger partial charge in [-0.25, -0.2) is 17.4 Å². The van der Waals surface area contributed by atoms with E-state index in [0.29, 0.717) is 9.35 Å². The van der Waals surface area contributed by atoms with E-state index in [4.69, 9.17) is 4.74 Å². The number of benzene rings is 2. The molecule has 0 atom stereocenters. The van der Waals surface area contributed by atoms with Crippen molar-refractivity contribution in [1.29, 1.82) is 0 Å². The lowest BCUT2D eigenvalue weighted by molar-refractivity contribution is 0.412. The molecule has 4 rings (SSSR count). The maximum Gasteiger partial charge on any atom is 0.270 e. The maximum absolute atomic E-state index is 13.3. The van der Waals surface area contributed by atoms with Gasteiger partial charge >= 0.3 is 0 Å². The van der Waals surface area contributed by atoms with Gasteiger partial charge in [0.25, 0.3) is 10.0 Å². The van der Waals surface area contributed by atoms with Crippen molar-refractivity contribution in [2.24, 2.45) is 0 Å². The van der Waals surface area contributed by atoms with Gasteiger partial charge < -0.3 is 4.74 Å². The fourth-order valence-corrected chi connectivity index (χ4v) is 6.41. The van der Waals surface area contributed by atoms with Gasteiger partial charge in [-0.3, -0.25) is 0 Å². The van der Waals surface area contributed by atoms with Gasteiger partial charge in [-0.1, -0.05) is 23.8 Å². The second kappa shape index (κ2) is 7.70. The summed E-state index contributed by atoms with van der Waals surface area (Å²) in [6, 6.07) is 14.7. The van der Waals surface area contributed by atoms with Crippen molar-refractivity contribution in [2.75, 3.05) is 7.11 Å². The lowest BCUT2D eigenvalue weighted by Crippen LogP contribution is -2.15. The Morgan fingerprint density at radius 2 is 1.70 bits per heavy atom. The van der Waals surface area contributed by atoms with Crippen molar-refractivity contribution < 1.29 is 13.2 Å². The Bertz CT molecular complexity index is 1370. The number of hydrogen-bond donors (Lipinski definition) is 0. The predicted octanol–water partition coefficient (Wildman–Crippen LogP) is 5.48. The summed E-state index contributed by atoms with van der Waals surface area (Å²) in [4.78, 5) is 4.81. The molecule has 0 N–H and O–H groups in total. The number of hydrogen-bond acceptors (Lipinski definition) is 4. The van der Waals surface area contributed by atoms with Gasteiger partial charge in [-0.15, -0.1) is 0 Å². The van der Waals surface area contributed by atoms with Gasteiger partial charge in [0.05, 0.1) is 15.7 Å². The monoisotopic (exact) mass is 532 g/mol. The van der Waals surface area contributed by atoms with Crippen LogP contribution in [0.3, 0.4) is 0 Å². The number of nitrogens with zero attached hydrogens (tertiary/aromatic N) is 2. The van der Waals surface area contributed by atoms with E-state index in [1.54, 1.807) is 37.6 Å². The van der Waals surface area contributed by atoms with Crippen LogP contribution in [0.25, 0.3) is 22.2 Å². The molecule has 0 spiro atoms. The molecular formula is C23H21IN2O3S. The van der Waals surface area contributed by atoms with E-state index in [1.165, 1.54) is 3.97 Å². The SMILES string of the molecule is COc1ccc(C)c(-c2cnc3c(c2)cc(I)n3S(=O)(=O)c2ccc(C)cc2)c1C. The van der Waals surface area contributed by atoms with E-state index in [-0.39, 0.29) is 4.90 Å². The second-order valence-corrected chi connectivity index (χ2v) is 10.2. The molecule has 154 valence electrons. The van der Waals surface area contributed by atoms with Gasteiger partial charge in [-0.2, -0.15) is 0 Å². The van der Waals surface area contributed by atoms with Crippen LogP contribution in [-0.4, -0.2) is 24.5 Å². The Morgan fingerprint density at radius 3 is 2.37 bits per heavy atom. The summed E-state index contributed by atoms with van der Waals surface area (Å²) in [6.07, 6.45) is 1.73. The summed E-state index contributed by atoms with van der Waals surface area (Å²) < 4.78 is 33.9. The molecule has 0 amide bonds. The number of ether oxygens (including phenoxy) is 1. The van der Waals surface area contributed by atoms with Gasteiger partial charge in [0.15, 0.2) is 5.65 Å². The van der Waals surface area contributed by atoms with E-state index < -0.39 is 10.0 Å². The topological polar surface area (TPSA) is 61.2 Å². The Labute approximate surface area is 189 Å². The summed E-state index contributed by atoms with van der Waals surface area (Å²) in [7, 11) is -2.09. The average molecular weight is 532 g/mol. The molecule has 2 aromatic carbocycles. The number of fused-ring (bicyclic) bond motifs is 1. The molecule has 30 heavy (non-hydrogen) atoms. The van der Waals surface area contributed by atoms with E-state index in [1.807, 2.05) is 67.6 Å². The number of rotatable bonds is 4. The van der Waals surface area contributed by atoms with Crippen molar-refractivity contribution in [2.45, 2.75) is 25.7 Å². The van der Waals surface area contributed by atoms with Crippen molar-refractivity contribution in [3.8, 4) is 16.9 Å². The Balaban J connectivity index is 1.90. The quantitative estimate of drug-likeness (QED) is 0.327. The van der Waals surface area contributed by atoms with E-state index >= 15 is 0 Å². The third-order valence-electron chi connectivity index (χ3n) is 5.25. The van der Waals surface area contributed by atoms with Gasteiger partial charge in [0, 0.05) is 17.1 Å². The minimum absolute atomic E-state index is 0.244. The molecule has 2 heterocycles. The van der Waals surface area contributed by atoms with Crippen LogP contribution in [0.1, 0.15) is 16.7 Å². The maximum atomic E-state index is 13.3. The lowest BCUT2D eigenvalue weighted by atomic mass is 9.96. The third-order valence-corrected chi connectivity index (χ3v) is 8.09. The average Bonchev–Trinajstić information content (AvgIpc) is 3.04. The van der Waals surface area contributed by atoms with E-state index in [2.05, 4.69) is 4.98 Å². The number of pyridine rings is 1. The number of methoxy groups -OCH3 is 1. The zero-order valence-electron chi connectivity index (χ0n) is 17.1. The molecule has 0 fully saturated rings. The number of aryl methyl sites for hydroxylation is 2. The number of halogens is 1. The molecule has 0 unspecified atom stereocenters. The standard InChI is InChI=1S/C23H21IN2O3S/c1-14-5-8-19(9-6-14)30(27,28)26-21(24)12-17-11-18(13-25-23(17)26)22-15(2)7-10-20(29-4)16(22)3/h5-13H,1-4H3. The van der Waals surface area contributed by atoms with E-state index in [0.717, 1.165) is 39.0 Å². The second-order valence-electron chi connectivity index (χ2n) is 7.27. The minimum atomic E-state index is -3.75. The highest BCUT2D eigenvalue weighted by atomic mass is 127. The summed E-state index contributed by atoms with van der Waals surface area (Å²) in [5.74, 6) is 0.810. The normalized spacial score (nSPS) is 11.8. The molecule has 2 aromatic heterocycles. The first-order valence-corrected chi connectivity index (χ1v) is 11.9. The Hall–Kier alpha value is -2.39. The summed E-state index contributed by atoms with van der Waals surface area (Å²) in [5.41, 5.74) is 5.54. The van der Waals surface area contributed by atoms with Crippen LogP contribution in [0.2, 0.25) is 0 Å². The van der Waals surface area contributed by atoms with Crippen LogP contribution in [0.4, 0.5) is 0 Å². The Kier molecular flexibility index (Phi) is 5.36. The van der Waals surface area contributed by atoms with Gasteiger partial charge in [-0.05, 0) is 90.4 Å². The van der Waals surface area contributed by atoms with Crippen molar-refractivity contribution >= 4 is 43.6 Å². The van der Waals surface area contributed by atoms with Crippen LogP contribution < -0.4 is 4.74 Å². The van der Waals surface area contributed by atoms with Crippen LogP contribution in [0.15, 0.2) is 59.6 Å². The molecule has 0 saturated heterocycles. The molecule has 0 saturated carbocycles. The zero-order chi connectivity index (χ0) is 21.6. The molecule has 0 aliphatic carbocycles. The van der Waals surface area contributed by atoms with Crippen LogP contribution >= 0.6 is 22.6 Å². The highest BCUT2D eigenvalue weighted by molar-refractivity contribution is 14.1. The fraction of sp³-hybridized carbons (Fsp3) is 0.174. The third kappa shape index (κ3) is 3.39. The largest absolute Gasteiger partial charge is 0.496 e. The predicted molar refractivity (Wildman–Crippen MR) is 128 cm³/mol. The number of aromatic nitrogens is 2. The zero-order valence-corrected chi connectivity index (χ0v) is 20.1. The molecule has 0 bridgehead atoms. The fourth-order valence-electron chi connectivity index (χ4n) is 3.71. The molecule has 5 nitrogen and oxygen atoms in total. The molecule has 4 aromatic rings. The van der Waals surface area contributed by atoms with Gasteiger partial charge in [0.1, 0.15) is 5.75 Å². The van der Waals surface area contributed by atoms with Gasteiger partial charge in [0.2, 0.25) is 0 Å². The highest BCUT2D eigenvalue weighted by Crippen LogP contribution is 2.35. The smallest absolute Gasteiger partial charge is 0.270 e. The van der Waals surface area contributed by atoms with Crippen molar-refractivity contribution in [1.82, 2.24) is 8.96 Å². The molecule has 0 radical (unpaired) electrons. The lowest BCUT2D eigenvalue weighted by Gasteiger charge is -2.14. The molecule has 0 aliphatic heterocycles. The summed E-state index contributed by atoms with van der Waals surface area (Å²) in [5, 5.41) is 0.772. The highest BCUT2D eigenvalue weighted by Gasteiger charge is 2.23. The van der Waals surface area contributed by atoms with Crippen molar-refractivity contribution in [3.63, 3.8) is 0 Å². The molecular weight excluding hydrogens is 511 g/mol. The molecule has 7 heteroatoms.